The molecule has 1 unspecified atom stereocenters. The van der Waals surface area contributed by atoms with E-state index in [0.717, 1.165) is 11.1 Å². The molecule has 0 radical (unpaired) electrons. The van der Waals surface area contributed by atoms with Gasteiger partial charge in [-0.2, -0.15) is 0 Å². The molecule has 1 aromatic carbocycles. The zero-order valence-corrected chi connectivity index (χ0v) is 15.7. The number of rotatable bonds is 4. The van der Waals surface area contributed by atoms with Gasteiger partial charge >= 0.3 is 0 Å². The van der Waals surface area contributed by atoms with Crippen molar-refractivity contribution in [2.24, 2.45) is 10.9 Å². The van der Waals surface area contributed by atoms with E-state index in [9.17, 15) is 9.59 Å². The number of carbonyl (C=O) groups excluding carboxylic acids is 2. The van der Waals surface area contributed by atoms with Crippen LogP contribution in [0.25, 0.3) is 0 Å². The zero-order chi connectivity index (χ0) is 18.7. The van der Waals surface area contributed by atoms with Crippen LogP contribution in [0.2, 0.25) is 5.02 Å². The lowest BCUT2D eigenvalue weighted by molar-refractivity contribution is -0.117. The molecule has 0 bridgehead atoms. The number of nitrogens with one attached hydrogen (secondary N) is 1. The molecule has 1 aliphatic rings. The Labute approximate surface area is 152 Å². The lowest BCUT2D eigenvalue weighted by Gasteiger charge is -2.25. The van der Waals surface area contributed by atoms with Crippen molar-refractivity contribution in [2.45, 2.75) is 34.6 Å². The molecular weight excluding hydrogens is 340 g/mol. The van der Waals surface area contributed by atoms with Gasteiger partial charge in [-0.05, 0) is 51.8 Å². The van der Waals surface area contributed by atoms with Crippen molar-refractivity contribution >= 4 is 34.8 Å². The maximum Gasteiger partial charge on any atom is 0.238 e. The van der Waals surface area contributed by atoms with Gasteiger partial charge in [-0.3, -0.25) is 9.79 Å². The van der Waals surface area contributed by atoms with Crippen molar-refractivity contribution in [1.82, 2.24) is 0 Å². The molecule has 132 valence electrons. The van der Waals surface area contributed by atoms with E-state index in [2.05, 4.69) is 10.3 Å². The number of benzene rings is 1. The second kappa shape index (κ2) is 7.68. The van der Waals surface area contributed by atoms with Gasteiger partial charge in [0.1, 0.15) is 11.9 Å². The van der Waals surface area contributed by atoms with Crippen LogP contribution in [0, 0.1) is 19.8 Å². The van der Waals surface area contributed by atoms with Crippen LogP contribution < -0.4 is 5.32 Å². The molecule has 0 saturated heterocycles. The standard InChI is InChI=1S/C19H21ClN2O3/c1-6-25-18-13(5)21-12(4)16(14(18)9-23)19(24)22-17-10(2)7-8-15(20)11(17)3/h7-8,16H,6H2,1-5H3,(H,22,24). The maximum atomic E-state index is 12.9. The Hall–Kier alpha value is -2.36. The van der Waals surface area contributed by atoms with E-state index in [1.807, 2.05) is 32.8 Å². The number of amides is 1. The molecule has 5 nitrogen and oxygen atoms in total. The molecule has 0 aromatic heterocycles. The van der Waals surface area contributed by atoms with Gasteiger partial charge in [-0.25, -0.2) is 4.79 Å². The number of hydrogen-bond acceptors (Lipinski definition) is 4. The minimum atomic E-state index is -0.847. The molecule has 25 heavy (non-hydrogen) atoms. The Morgan fingerprint density at radius 3 is 2.60 bits per heavy atom. The molecule has 1 amide bonds. The Balaban J connectivity index is 2.42. The number of hydrogen-bond donors (Lipinski definition) is 1. The first-order valence-corrected chi connectivity index (χ1v) is 8.40. The number of ether oxygens (including phenoxy) is 1. The summed E-state index contributed by atoms with van der Waals surface area (Å²) in [5, 5.41) is 3.44. The third-order valence-corrected chi connectivity index (χ3v) is 4.55. The maximum absolute atomic E-state index is 12.9. The zero-order valence-electron chi connectivity index (χ0n) is 15.0. The van der Waals surface area contributed by atoms with Crippen LogP contribution in [0.5, 0.6) is 0 Å². The molecule has 1 heterocycles. The summed E-state index contributed by atoms with van der Waals surface area (Å²) in [4.78, 5) is 28.8. The lowest BCUT2D eigenvalue weighted by Crippen LogP contribution is -2.34. The van der Waals surface area contributed by atoms with Crippen LogP contribution in [0.1, 0.15) is 31.9 Å². The summed E-state index contributed by atoms with van der Waals surface area (Å²) in [6, 6.07) is 3.62. The van der Waals surface area contributed by atoms with Gasteiger partial charge < -0.3 is 10.1 Å². The number of nitrogens with zero attached hydrogens (tertiary/aromatic N) is 1. The van der Waals surface area contributed by atoms with E-state index in [1.54, 1.807) is 19.9 Å². The highest BCUT2D eigenvalue weighted by Crippen LogP contribution is 2.32. The van der Waals surface area contributed by atoms with Crippen molar-refractivity contribution in [3.63, 3.8) is 0 Å². The van der Waals surface area contributed by atoms with Crippen molar-refractivity contribution in [1.29, 1.82) is 0 Å². The SMILES string of the molecule is CCOC1=C(C)N=C(C)C(C(=O)Nc2c(C)ccc(Cl)c2C)C1=C=O. The first kappa shape index (κ1) is 19.0. The third-order valence-electron chi connectivity index (χ3n) is 4.14. The van der Waals surface area contributed by atoms with Crippen LogP contribution in [0.15, 0.2) is 34.2 Å². The van der Waals surface area contributed by atoms with Gasteiger partial charge in [0.05, 0.1) is 17.9 Å². The molecule has 1 aromatic rings. The topological polar surface area (TPSA) is 67.8 Å². The van der Waals surface area contributed by atoms with Gasteiger partial charge in [0.2, 0.25) is 5.91 Å². The largest absolute Gasteiger partial charge is 0.491 e. The highest BCUT2D eigenvalue weighted by molar-refractivity contribution is 6.32. The predicted molar refractivity (Wildman–Crippen MR) is 99.7 cm³/mol. The number of anilines is 1. The smallest absolute Gasteiger partial charge is 0.238 e. The fraction of sp³-hybridized carbons (Fsp3) is 0.368. The average molecular weight is 361 g/mol. The fourth-order valence-electron chi connectivity index (χ4n) is 2.88. The third kappa shape index (κ3) is 3.68. The first-order valence-electron chi connectivity index (χ1n) is 8.02. The summed E-state index contributed by atoms with van der Waals surface area (Å²) in [5.41, 5.74) is 3.55. The van der Waals surface area contributed by atoms with E-state index < -0.39 is 5.92 Å². The number of allylic oxidation sites excluding steroid dienone is 2. The Bertz CT molecular complexity index is 833. The first-order chi connectivity index (χ1) is 11.8. The minimum absolute atomic E-state index is 0.168. The van der Waals surface area contributed by atoms with Crippen LogP contribution in [-0.2, 0) is 14.3 Å². The number of halogens is 1. The van der Waals surface area contributed by atoms with E-state index >= 15 is 0 Å². The molecule has 0 fully saturated rings. The van der Waals surface area contributed by atoms with E-state index in [1.165, 1.54) is 0 Å². The minimum Gasteiger partial charge on any atom is -0.491 e. The lowest BCUT2D eigenvalue weighted by atomic mass is 9.89. The van der Waals surface area contributed by atoms with E-state index in [-0.39, 0.29) is 11.5 Å². The molecule has 0 aliphatic carbocycles. The van der Waals surface area contributed by atoms with Crippen LogP contribution in [0.3, 0.4) is 0 Å². The van der Waals surface area contributed by atoms with Crippen LogP contribution >= 0.6 is 11.6 Å². The molecule has 2 rings (SSSR count). The summed E-state index contributed by atoms with van der Waals surface area (Å²) < 4.78 is 5.52. The normalized spacial score (nSPS) is 17.1. The molecule has 6 heteroatoms. The van der Waals surface area contributed by atoms with Gasteiger partial charge in [-0.15, -0.1) is 0 Å². The number of carbonyl (C=O) groups is 1. The summed E-state index contributed by atoms with van der Waals surface area (Å²) in [7, 11) is 0. The monoisotopic (exact) mass is 360 g/mol. The van der Waals surface area contributed by atoms with Gasteiger partial charge in [0.15, 0.2) is 5.76 Å². The van der Waals surface area contributed by atoms with Crippen molar-refractivity contribution < 1.29 is 14.3 Å². The highest BCUT2D eigenvalue weighted by atomic mass is 35.5. The summed E-state index contributed by atoms with van der Waals surface area (Å²) in [6.45, 7) is 9.34. The quantitative estimate of drug-likeness (QED) is 0.825. The average Bonchev–Trinajstić information content (AvgIpc) is 2.57. The number of aryl methyl sites for hydroxylation is 1. The van der Waals surface area contributed by atoms with Crippen LogP contribution in [-0.4, -0.2) is 24.2 Å². The number of aliphatic imine (C=N–C) groups is 1. The fourth-order valence-corrected chi connectivity index (χ4v) is 3.03. The van der Waals surface area contributed by atoms with Crippen molar-refractivity contribution in [3.8, 4) is 0 Å². The van der Waals surface area contributed by atoms with Crippen LogP contribution in [0.4, 0.5) is 5.69 Å². The molecule has 0 saturated carbocycles. The van der Waals surface area contributed by atoms with E-state index in [4.69, 9.17) is 16.3 Å². The molecular formula is C19H21ClN2O3. The molecule has 1 aliphatic heterocycles. The van der Waals surface area contributed by atoms with E-state index in [0.29, 0.717) is 34.5 Å². The van der Waals surface area contributed by atoms with Gasteiger partial charge in [0, 0.05) is 16.4 Å². The predicted octanol–water partition coefficient (Wildman–Crippen LogP) is 4.01. The summed E-state index contributed by atoms with van der Waals surface area (Å²) in [5.74, 6) is 0.985. The second-order valence-electron chi connectivity index (χ2n) is 5.90. The summed E-state index contributed by atoms with van der Waals surface area (Å²) in [6.07, 6.45) is 0. The molecule has 0 spiro atoms. The van der Waals surface area contributed by atoms with Crippen molar-refractivity contribution in [3.05, 3.63) is 45.3 Å². The second-order valence-corrected chi connectivity index (χ2v) is 6.31. The van der Waals surface area contributed by atoms with Crippen molar-refractivity contribution in [2.75, 3.05) is 11.9 Å². The Morgan fingerprint density at radius 2 is 2.00 bits per heavy atom. The Morgan fingerprint density at radius 1 is 1.32 bits per heavy atom. The summed E-state index contributed by atoms with van der Waals surface area (Å²) >= 11 is 6.15. The molecule has 1 atom stereocenters. The van der Waals surface area contributed by atoms with Gasteiger partial charge in [-0.1, -0.05) is 17.7 Å². The highest BCUT2D eigenvalue weighted by Gasteiger charge is 2.35. The molecule has 1 N–H and O–H groups in total. The van der Waals surface area contributed by atoms with Gasteiger partial charge in [0.25, 0.3) is 0 Å². The Kier molecular flexibility index (Phi) is 5.83.